The summed E-state index contributed by atoms with van der Waals surface area (Å²) in [4.78, 5) is 31.4. The molecule has 3 aliphatic heterocycles. The average Bonchev–Trinajstić information content (AvgIpc) is 3.12. The van der Waals surface area contributed by atoms with Gasteiger partial charge in [-0.2, -0.15) is 4.73 Å². The Balaban J connectivity index is 1.25. The minimum absolute atomic E-state index is 0.0760. The molecule has 0 N–H and O–H groups in total. The van der Waals surface area contributed by atoms with Crippen LogP contribution >= 0.6 is 23.2 Å². The summed E-state index contributed by atoms with van der Waals surface area (Å²) in [6, 6.07) is 21.5. The van der Waals surface area contributed by atoms with Crippen LogP contribution in [0.25, 0.3) is 0 Å². The summed E-state index contributed by atoms with van der Waals surface area (Å²) < 4.78 is 23.6. The number of hydrogen-bond acceptors (Lipinski definition) is 8. The Hall–Kier alpha value is -4.51. The molecule has 0 aliphatic carbocycles. The number of carbonyl (C=O) groups is 2. The van der Waals surface area contributed by atoms with Gasteiger partial charge in [-0.15, -0.1) is 0 Å². The zero-order valence-corrected chi connectivity index (χ0v) is 28.7. The second-order valence-corrected chi connectivity index (χ2v) is 13.0. The van der Waals surface area contributed by atoms with Crippen molar-refractivity contribution in [1.29, 1.82) is 0 Å². The number of para-hydroxylation sites is 1. The number of ether oxygens (including phenoxy) is 4. The highest BCUT2D eigenvalue weighted by atomic mass is 35.5. The first-order valence-electron chi connectivity index (χ1n) is 16.1. The van der Waals surface area contributed by atoms with Crippen molar-refractivity contribution >= 4 is 41.0 Å². The first-order valence-corrected chi connectivity index (χ1v) is 16.8. The number of methoxy groups -OCH3 is 2. The maximum Gasteiger partial charge on any atom is 0.414 e. The number of halogens is 2. The van der Waals surface area contributed by atoms with E-state index in [4.69, 9.17) is 42.1 Å². The molecule has 2 bridgehead atoms. The molecule has 10 nitrogen and oxygen atoms in total. The van der Waals surface area contributed by atoms with Crippen molar-refractivity contribution < 1.29 is 33.3 Å². The van der Waals surface area contributed by atoms with Crippen molar-refractivity contribution in [2.75, 3.05) is 38.8 Å². The van der Waals surface area contributed by atoms with E-state index in [0.717, 1.165) is 32.5 Å². The van der Waals surface area contributed by atoms with Gasteiger partial charge in [0.25, 0.3) is 0 Å². The average molecular weight is 707 g/mol. The van der Waals surface area contributed by atoms with Crippen LogP contribution in [0, 0.1) is 11.1 Å². The number of esters is 1. The summed E-state index contributed by atoms with van der Waals surface area (Å²) >= 11 is 12.8. The first kappa shape index (κ1) is 34.4. The van der Waals surface area contributed by atoms with E-state index in [1.54, 1.807) is 41.3 Å². The van der Waals surface area contributed by atoms with Crippen LogP contribution in [0.3, 0.4) is 0 Å². The lowest BCUT2D eigenvalue weighted by Crippen LogP contribution is -2.53. The molecule has 4 aromatic rings. The highest BCUT2D eigenvalue weighted by Crippen LogP contribution is 2.36. The van der Waals surface area contributed by atoms with Gasteiger partial charge in [0.1, 0.15) is 22.3 Å². The molecule has 1 unspecified atom stereocenters. The zero-order valence-electron chi connectivity index (χ0n) is 27.2. The first-order chi connectivity index (χ1) is 23.7. The summed E-state index contributed by atoms with van der Waals surface area (Å²) in [5, 5.41) is 12.2. The number of pyridine rings is 1. The fraction of sp³-hybridized carbons (Fsp3) is 0.324. The Kier molecular flexibility index (Phi) is 10.8. The predicted octanol–water partition coefficient (Wildman–Crippen LogP) is 7.02. The van der Waals surface area contributed by atoms with Gasteiger partial charge in [-0.1, -0.05) is 59.6 Å². The van der Waals surface area contributed by atoms with Gasteiger partial charge in [0, 0.05) is 24.2 Å². The lowest BCUT2D eigenvalue weighted by molar-refractivity contribution is -0.605. The summed E-state index contributed by atoms with van der Waals surface area (Å²) in [5.41, 5.74) is 2.72. The molecule has 1 aromatic heterocycles. The number of piperidine rings is 3. The van der Waals surface area contributed by atoms with Crippen LogP contribution in [0.4, 0.5) is 10.5 Å². The van der Waals surface area contributed by atoms with Gasteiger partial charge in [-0.05, 0) is 79.4 Å². The quantitative estimate of drug-likeness (QED) is 0.0932. The number of fused-ring (bicyclic) bond motifs is 3. The van der Waals surface area contributed by atoms with Gasteiger partial charge in [-0.25, -0.2) is 9.59 Å². The van der Waals surface area contributed by atoms with E-state index in [1.165, 1.54) is 26.6 Å². The minimum Gasteiger partial charge on any atom is -0.619 e. The Morgan fingerprint density at radius 3 is 2.31 bits per heavy atom. The van der Waals surface area contributed by atoms with Crippen molar-refractivity contribution in [3.8, 4) is 11.5 Å². The highest BCUT2D eigenvalue weighted by molar-refractivity contribution is 6.35. The molecule has 3 fully saturated rings. The minimum atomic E-state index is -0.870. The van der Waals surface area contributed by atoms with E-state index in [1.807, 2.05) is 36.4 Å². The molecule has 0 spiro atoms. The highest BCUT2D eigenvalue weighted by Gasteiger charge is 2.37. The number of hydrogen-bond donors (Lipinski definition) is 0. The molecule has 4 heterocycles. The fourth-order valence-corrected chi connectivity index (χ4v) is 7.07. The molecule has 3 saturated heterocycles. The fourth-order valence-electron chi connectivity index (χ4n) is 6.47. The van der Waals surface area contributed by atoms with Crippen LogP contribution < -0.4 is 19.1 Å². The van der Waals surface area contributed by atoms with Crippen LogP contribution in [0.1, 0.15) is 46.0 Å². The SMILES string of the molecule is COc1ccc(C(Cc2c(Cl)c[n+]([O-])cc2Cl)OC(=O)c2cccc(CN(C(=O)O[C@H]3CN4CCC3CC4)c3ccccc3)c2)cc1OC. The molecule has 0 saturated carbocycles. The van der Waals surface area contributed by atoms with Gasteiger partial charge in [0.2, 0.25) is 0 Å². The normalized spacial score (nSPS) is 18.7. The molecular formula is C37H37Cl2N3O7. The summed E-state index contributed by atoms with van der Waals surface area (Å²) in [5.74, 6) is 0.703. The number of anilines is 1. The lowest BCUT2D eigenvalue weighted by Gasteiger charge is -2.44. The number of nitrogens with zero attached hydrogens (tertiary/aromatic N) is 3. The third-order valence-corrected chi connectivity index (χ3v) is 9.77. The van der Waals surface area contributed by atoms with Gasteiger partial charge in [0.05, 0.1) is 26.3 Å². The van der Waals surface area contributed by atoms with Crippen molar-refractivity contribution in [3.05, 3.63) is 123 Å². The standard InChI is InChI=1S/C37H37Cl2N3O7/c1-46-32-12-11-26(18-34(32)47-2)33(19-29-30(38)21-41(45)22-31(29)39)48-36(43)27-8-6-7-24(17-27)20-42(28-9-4-3-5-10-28)37(44)49-35-23-40-15-13-25(35)14-16-40/h3-12,17-18,21-22,25,33,35H,13-16,19-20,23H2,1-2H3/t33?,35-/m0/s1. The van der Waals surface area contributed by atoms with Crippen molar-refractivity contribution in [2.24, 2.45) is 5.92 Å². The molecule has 256 valence electrons. The molecule has 3 aromatic carbocycles. The van der Waals surface area contributed by atoms with Crippen molar-refractivity contribution in [3.63, 3.8) is 0 Å². The summed E-state index contributed by atoms with van der Waals surface area (Å²) in [6.45, 7) is 3.01. The van der Waals surface area contributed by atoms with E-state index in [2.05, 4.69) is 4.90 Å². The van der Waals surface area contributed by atoms with E-state index >= 15 is 0 Å². The number of carbonyl (C=O) groups excluding carboxylic acids is 2. The maximum absolute atomic E-state index is 13.8. The number of aromatic nitrogens is 1. The molecule has 12 heteroatoms. The number of rotatable bonds is 11. The molecular weight excluding hydrogens is 669 g/mol. The third-order valence-electron chi connectivity index (χ3n) is 9.12. The van der Waals surface area contributed by atoms with Crippen molar-refractivity contribution in [1.82, 2.24) is 4.90 Å². The predicted molar refractivity (Wildman–Crippen MR) is 185 cm³/mol. The van der Waals surface area contributed by atoms with Gasteiger partial charge in [0.15, 0.2) is 23.9 Å². The van der Waals surface area contributed by atoms with Crippen LogP contribution in [-0.2, 0) is 22.4 Å². The van der Waals surface area contributed by atoms with E-state index in [-0.39, 0.29) is 34.7 Å². The molecule has 3 aliphatic rings. The van der Waals surface area contributed by atoms with E-state index in [0.29, 0.717) is 44.5 Å². The topological polar surface area (TPSA) is 104 Å². The Bertz CT molecular complexity index is 1780. The van der Waals surface area contributed by atoms with Crippen LogP contribution in [0.2, 0.25) is 10.0 Å². The third kappa shape index (κ3) is 8.04. The molecule has 7 rings (SSSR count). The van der Waals surface area contributed by atoms with Crippen LogP contribution in [0.5, 0.6) is 11.5 Å². The van der Waals surface area contributed by atoms with E-state index in [9.17, 15) is 14.8 Å². The molecule has 0 radical (unpaired) electrons. The monoisotopic (exact) mass is 705 g/mol. The van der Waals surface area contributed by atoms with Crippen molar-refractivity contribution in [2.45, 2.75) is 38.0 Å². The Morgan fingerprint density at radius 2 is 1.65 bits per heavy atom. The number of amides is 1. The lowest BCUT2D eigenvalue weighted by atomic mass is 9.86. The van der Waals surface area contributed by atoms with Crippen LogP contribution in [0.15, 0.2) is 85.2 Å². The molecule has 1 amide bonds. The summed E-state index contributed by atoms with van der Waals surface area (Å²) in [6.07, 6.45) is 3.07. The largest absolute Gasteiger partial charge is 0.619 e. The smallest absolute Gasteiger partial charge is 0.414 e. The Morgan fingerprint density at radius 1 is 0.939 bits per heavy atom. The van der Waals surface area contributed by atoms with Gasteiger partial charge in [-0.3, -0.25) is 9.80 Å². The number of benzene rings is 3. The second-order valence-electron chi connectivity index (χ2n) is 12.2. The van der Waals surface area contributed by atoms with Gasteiger partial charge < -0.3 is 24.2 Å². The summed E-state index contributed by atoms with van der Waals surface area (Å²) in [7, 11) is 3.04. The molecule has 49 heavy (non-hydrogen) atoms. The second kappa shape index (κ2) is 15.4. The van der Waals surface area contributed by atoms with Crippen LogP contribution in [-0.4, -0.2) is 56.9 Å². The van der Waals surface area contributed by atoms with E-state index < -0.39 is 18.2 Å². The van der Waals surface area contributed by atoms with Gasteiger partial charge >= 0.3 is 12.1 Å². The maximum atomic E-state index is 13.8. The molecule has 2 atom stereocenters. The Labute approximate surface area is 295 Å². The zero-order chi connectivity index (χ0) is 34.5.